The standard InChI is InChI=1S/C17H22N2O7/c1-11(20)12-5-6-13(14(7-12)24-4)25-10-17(23)26-9-15(21)18-8-16(22)19(2)3/h5-7H,8-10H2,1-4H3,(H,18,21). The number of nitrogens with one attached hydrogen (secondary N) is 1. The monoisotopic (exact) mass is 366 g/mol. The summed E-state index contributed by atoms with van der Waals surface area (Å²) in [6, 6.07) is 4.54. The van der Waals surface area contributed by atoms with Gasteiger partial charge in [-0.3, -0.25) is 14.4 Å². The Kier molecular flexibility index (Phi) is 8.07. The molecule has 0 aliphatic carbocycles. The highest BCUT2D eigenvalue weighted by molar-refractivity contribution is 5.94. The molecule has 142 valence electrons. The number of hydrogen-bond donors (Lipinski definition) is 1. The number of likely N-dealkylation sites (N-methyl/N-ethyl adjacent to an activating group) is 1. The van der Waals surface area contributed by atoms with Crippen molar-refractivity contribution in [1.82, 2.24) is 10.2 Å². The van der Waals surface area contributed by atoms with Crippen molar-refractivity contribution in [3.8, 4) is 11.5 Å². The van der Waals surface area contributed by atoms with Gasteiger partial charge in [0, 0.05) is 19.7 Å². The van der Waals surface area contributed by atoms with E-state index in [-0.39, 0.29) is 24.0 Å². The maximum Gasteiger partial charge on any atom is 0.344 e. The van der Waals surface area contributed by atoms with Crippen molar-refractivity contribution in [3.63, 3.8) is 0 Å². The zero-order valence-corrected chi connectivity index (χ0v) is 15.2. The van der Waals surface area contributed by atoms with Gasteiger partial charge in [0.15, 0.2) is 30.5 Å². The minimum Gasteiger partial charge on any atom is -0.493 e. The number of rotatable bonds is 9. The maximum absolute atomic E-state index is 11.6. The largest absolute Gasteiger partial charge is 0.493 e. The first-order chi connectivity index (χ1) is 12.2. The predicted molar refractivity (Wildman–Crippen MR) is 91.2 cm³/mol. The van der Waals surface area contributed by atoms with E-state index in [4.69, 9.17) is 14.2 Å². The van der Waals surface area contributed by atoms with Crippen LogP contribution in [0.1, 0.15) is 17.3 Å². The van der Waals surface area contributed by atoms with Gasteiger partial charge in [-0.1, -0.05) is 0 Å². The third kappa shape index (κ3) is 6.80. The lowest BCUT2D eigenvalue weighted by Gasteiger charge is -2.12. The van der Waals surface area contributed by atoms with Crippen LogP contribution in [0.5, 0.6) is 11.5 Å². The molecule has 0 radical (unpaired) electrons. The van der Waals surface area contributed by atoms with E-state index in [2.05, 4.69) is 5.32 Å². The molecular weight excluding hydrogens is 344 g/mol. The van der Waals surface area contributed by atoms with Crippen molar-refractivity contribution in [2.24, 2.45) is 0 Å². The highest BCUT2D eigenvalue weighted by Crippen LogP contribution is 2.28. The van der Waals surface area contributed by atoms with Crippen molar-refractivity contribution in [2.75, 3.05) is 41.0 Å². The number of nitrogens with zero attached hydrogens (tertiary/aromatic N) is 1. The minimum absolute atomic E-state index is 0.131. The van der Waals surface area contributed by atoms with Gasteiger partial charge in [0.25, 0.3) is 5.91 Å². The zero-order valence-electron chi connectivity index (χ0n) is 15.2. The fraction of sp³-hybridized carbons (Fsp3) is 0.412. The van der Waals surface area contributed by atoms with Crippen LogP contribution in [0.25, 0.3) is 0 Å². The summed E-state index contributed by atoms with van der Waals surface area (Å²) in [5.74, 6) is -1.23. The topological polar surface area (TPSA) is 111 Å². The number of esters is 1. The lowest BCUT2D eigenvalue weighted by atomic mass is 10.1. The Morgan fingerprint density at radius 3 is 2.35 bits per heavy atom. The van der Waals surface area contributed by atoms with Crippen LogP contribution in [-0.4, -0.2) is 69.4 Å². The minimum atomic E-state index is -0.767. The molecule has 1 aromatic rings. The van der Waals surface area contributed by atoms with Crippen molar-refractivity contribution >= 4 is 23.6 Å². The van der Waals surface area contributed by atoms with E-state index in [0.29, 0.717) is 11.3 Å². The summed E-state index contributed by atoms with van der Waals surface area (Å²) in [5.41, 5.74) is 0.445. The van der Waals surface area contributed by atoms with Crippen LogP contribution in [0.15, 0.2) is 18.2 Å². The first kappa shape index (κ1) is 20.9. The molecule has 0 bridgehead atoms. The quantitative estimate of drug-likeness (QED) is 0.484. The number of ketones is 1. The highest BCUT2D eigenvalue weighted by Gasteiger charge is 2.13. The number of methoxy groups -OCH3 is 1. The van der Waals surface area contributed by atoms with Crippen molar-refractivity contribution in [3.05, 3.63) is 23.8 Å². The molecule has 0 aromatic heterocycles. The number of ether oxygens (including phenoxy) is 3. The Morgan fingerprint density at radius 2 is 1.77 bits per heavy atom. The van der Waals surface area contributed by atoms with E-state index in [1.807, 2.05) is 0 Å². The van der Waals surface area contributed by atoms with Crippen LogP contribution in [0, 0.1) is 0 Å². The van der Waals surface area contributed by atoms with Crippen LogP contribution in [-0.2, 0) is 19.1 Å². The van der Waals surface area contributed by atoms with Gasteiger partial charge >= 0.3 is 5.97 Å². The number of hydrogen-bond acceptors (Lipinski definition) is 7. The van der Waals surface area contributed by atoms with Crippen LogP contribution in [0.3, 0.4) is 0 Å². The molecular formula is C17H22N2O7. The number of Topliss-reactive ketones (excluding diaryl/α,β-unsaturated/α-hetero) is 1. The third-order valence-corrected chi connectivity index (χ3v) is 3.22. The summed E-state index contributed by atoms with van der Waals surface area (Å²) < 4.78 is 15.2. The maximum atomic E-state index is 11.6. The Hall–Kier alpha value is -3.10. The van der Waals surface area contributed by atoms with Gasteiger partial charge < -0.3 is 24.4 Å². The summed E-state index contributed by atoms with van der Waals surface area (Å²) in [6.07, 6.45) is 0. The molecule has 0 unspecified atom stereocenters. The van der Waals surface area contributed by atoms with Gasteiger partial charge in [-0.05, 0) is 25.1 Å². The number of amides is 2. The lowest BCUT2D eigenvalue weighted by Crippen LogP contribution is -2.38. The Bertz CT molecular complexity index is 686. The summed E-state index contributed by atoms with van der Waals surface area (Å²) >= 11 is 0. The van der Waals surface area contributed by atoms with Gasteiger partial charge in [0.05, 0.1) is 13.7 Å². The van der Waals surface area contributed by atoms with Crippen LogP contribution < -0.4 is 14.8 Å². The molecule has 0 spiro atoms. The molecule has 1 aromatic carbocycles. The fourth-order valence-corrected chi connectivity index (χ4v) is 1.71. The molecule has 9 heteroatoms. The van der Waals surface area contributed by atoms with Crippen molar-refractivity contribution in [2.45, 2.75) is 6.92 Å². The van der Waals surface area contributed by atoms with E-state index < -0.39 is 25.1 Å². The molecule has 9 nitrogen and oxygen atoms in total. The van der Waals surface area contributed by atoms with E-state index in [1.54, 1.807) is 20.2 Å². The molecule has 26 heavy (non-hydrogen) atoms. The molecule has 0 heterocycles. The second-order valence-electron chi connectivity index (χ2n) is 5.44. The second-order valence-corrected chi connectivity index (χ2v) is 5.44. The molecule has 0 aliphatic rings. The van der Waals surface area contributed by atoms with E-state index >= 15 is 0 Å². The average molecular weight is 366 g/mol. The van der Waals surface area contributed by atoms with Crippen LogP contribution >= 0.6 is 0 Å². The summed E-state index contributed by atoms with van der Waals surface area (Å²) in [6.45, 7) is 0.270. The summed E-state index contributed by atoms with van der Waals surface area (Å²) in [5, 5.41) is 2.33. The summed E-state index contributed by atoms with van der Waals surface area (Å²) in [4.78, 5) is 47.1. The molecule has 0 atom stereocenters. The SMILES string of the molecule is COc1cc(C(C)=O)ccc1OCC(=O)OCC(=O)NCC(=O)N(C)C. The highest BCUT2D eigenvalue weighted by atomic mass is 16.6. The predicted octanol–water partition coefficient (Wildman–Crippen LogP) is 0.0242. The molecule has 1 rings (SSSR count). The van der Waals surface area contributed by atoms with Gasteiger partial charge in [-0.2, -0.15) is 0 Å². The number of carbonyl (C=O) groups excluding carboxylic acids is 4. The lowest BCUT2D eigenvalue weighted by molar-refractivity contribution is -0.150. The zero-order chi connectivity index (χ0) is 19.7. The molecule has 0 saturated heterocycles. The molecule has 0 saturated carbocycles. The molecule has 2 amide bonds. The normalized spacial score (nSPS) is 9.85. The van der Waals surface area contributed by atoms with Crippen LogP contribution in [0.2, 0.25) is 0 Å². The Morgan fingerprint density at radius 1 is 1.08 bits per heavy atom. The van der Waals surface area contributed by atoms with E-state index in [1.165, 1.54) is 31.1 Å². The number of carbonyl (C=O) groups is 4. The first-order valence-electron chi connectivity index (χ1n) is 7.68. The van der Waals surface area contributed by atoms with E-state index in [9.17, 15) is 19.2 Å². The molecule has 1 N–H and O–H groups in total. The molecule has 0 aliphatic heterocycles. The third-order valence-electron chi connectivity index (χ3n) is 3.22. The van der Waals surface area contributed by atoms with Crippen molar-refractivity contribution < 1.29 is 33.4 Å². The Balaban J connectivity index is 2.44. The summed E-state index contributed by atoms with van der Waals surface area (Å²) in [7, 11) is 4.52. The number of benzene rings is 1. The second kappa shape index (κ2) is 10.0. The smallest absolute Gasteiger partial charge is 0.344 e. The van der Waals surface area contributed by atoms with Crippen molar-refractivity contribution in [1.29, 1.82) is 0 Å². The van der Waals surface area contributed by atoms with Gasteiger partial charge in [-0.15, -0.1) is 0 Å². The van der Waals surface area contributed by atoms with Gasteiger partial charge in [-0.25, -0.2) is 4.79 Å². The average Bonchev–Trinajstić information content (AvgIpc) is 2.61. The first-order valence-corrected chi connectivity index (χ1v) is 7.68. The fourth-order valence-electron chi connectivity index (χ4n) is 1.71. The van der Waals surface area contributed by atoms with Crippen LogP contribution in [0.4, 0.5) is 0 Å². The van der Waals surface area contributed by atoms with Gasteiger partial charge in [0.1, 0.15) is 0 Å². The Labute approximate surface area is 151 Å². The molecule has 0 fully saturated rings. The van der Waals surface area contributed by atoms with Gasteiger partial charge in [0.2, 0.25) is 5.91 Å². The van der Waals surface area contributed by atoms with E-state index in [0.717, 1.165) is 0 Å².